The average molecular weight is 370 g/mol. The SMILES string of the molecule is COc1ccc(NC(=O)COc2cccc(N3CCCC3=O)c2)cc1OC. The van der Waals surface area contributed by atoms with Crippen molar-refractivity contribution in [1.29, 1.82) is 0 Å². The number of rotatable bonds is 7. The van der Waals surface area contributed by atoms with E-state index in [9.17, 15) is 9.59 Å². The Bertz CT molecular complexity index is 837. The molecular weight excluding hydrogens is 348 g/mol. The highest BCUT2D eigenvalue weighted by Gasteiger charge is 2.21. The van der Waals surface area contributed by atoms with Crippen molar-refractivity contribution in [3.05, 3.63) is 42.5 Å². The maximum absolute atomic E-state index is 12.2. The zero-order valence-corrected chi connectivity index (χ0v) is 15.4. The fourth-order valence-electron chi connectivity index (χ4n) is 2.92. The van der Waals surface area contributed by atoms with Crippen molar-refractivity contribution in [3.63, 3.8) is 0 Å². The second-order valence-corrected chi connectivity index (χ2v) is 6.05. The summed E-state index contributed by atoms with van der Waals surface area (Å²) in [5.74, 6) is 1.46. The van der Waals surface area contributed by atoms with E-state index in [-0.39, 0.29) is 18.4 Å². The van der Waals surface area contributed by atoms with E-state index in [2.05, 4.69) is 5.32 Å². The minimum absolute atomic E-state index is 0.110. The van der Waals surface area contributed by atoms with Gasteiger partial charge in [0.15, 0.2) is 18.1 Å². The molecule has 3 rings (SSSR count). The van der Waals surface area contributed by atoms with Crippen molar-refractivity contribution in [2.75, 3.05) is 37.6 Å². The average Bonchev–Trinajstić information content (AvgIpc) is 3.12. The zero-order chi connectivity index (χ0) is 19.2. The van der Waals surface area contributed by atoms with Crippen molar-refractivity contribution in [1.82, 2.24) is 0 Å². The molecule has 1 fully saturated rings. The van der Waals surface area contributed by atoms with Crippen LogP contribution >= 0.6 is 0 Å². The summed E-state index contributed by atoms with van der Waals surface area (Å²) in [5, 5.41) is 2.75. The maximum atomic E-state index is 12.2. The summed E-state index contributed by atoms with van der Waals surface area (Å²) in [6.45, 7) is 0.563. The Morgan fingerprint density at radius 2 is 1.93 bits per heavy atom. The summed E-state index contributed by atoms with van der Waals surface area (Å²) in [7, 11) is 3.08. The molecule has 0 radical (unpaired) electrons. The Hall–Kier alpha value is -3.22. The molecule has 1 saturated heterocycles. The Morgan fingerprint density at radius 3 is 2.63 bits per heavy atom. The first-order valence-corrected chi connectivity index (χ1v) is 8.66. The summed E-state index contributed by atoms with van der Waals surface area (Å²) in [6, 6.07) is 12.3. The van der Waals surface area contributed by atoms with Crippen LogP contribution in [0.5, 0.6) is 17.2 Å². The summed E-state index contributed by atoms with van der Waals surface area (Å²) in [4.78, 5) is 25.7. The van der Waals surface area contributed by atoms with E-state index in [0.29, 0.717) is 35.9 Å². The van der Waals surface area contributed by atoms with Crippen LogP contribution in [0.15, 0.2) is 42.5 Å². The Balaban J connectivity index is 1.59. The third-order valence-corrected chi connectivity index (χ3v) is 4.24. The van der Waals surface area contributed by atoms with Crippen LogP contribution in [0.25, 0.3) is 0 Å². The van der Waals surface area contributed by atoms with Gasteiger partial charge in [0, 0.05) is 36.5 Å². The first-order chi connectivity index (χ1) is 13.1. The number of benzene rings is 2. The van der Waals surface area contributed by atoms with Gasteiger partial charge in [0.1, 0.15) is 5.75 Å². The predicted octanol–water partition coefficient (Wildman–Crippen LogP) is 2.85. The minimum atomic E-state index is -0.301. The normalized spacial score (nSPS) is 13.4. The number of amides is 2. The van der Waals surface area contributed by atoms with Crippen LogP contribution < -0.4 is 24.4 Å². The Morgan fingerprint density at radius 1 is 1.11 bits per heavy atom. The van der Waals surface area contributed by atoms with Gasteiger partial charge < -0.3 is 24.4 Å². The van der Waals surface area contributed by atoms with Gasteiger partial charge >= 0.3 is 0 Å². The molecule has 0 aliphatic carbocycles. The fraction of sp³-hybridized carbons (Fsp3) is 0.300. The molecule has 0 spiro atoms. The van der Waals surface area contributed by atoms with E-state index in [1.807, 2.05) is 12.1 Å². The highest BCUT2D eigenvalue weighted by atomic mass is 16.5. The molecule has 142 valence electrons. The second kappa shape index (κ2) is 8.44. The predicted molar refractivity (Wildman–Crippen MR) is 102 cm³/mol. The molecule has 0 saturated carbocycles. The molecule has 7 nitrogen and oxygen atoms in total. The van der Waals surface area contributed by atoms with Gasteiger partial charge in [-0.15, -0.1) is 0 Å². The van der Waals surface area contributed by atoms with Crippen molar-refractivity contribution < 1.29 is 23.8 Å². The molecular formula is C20H22N2O5. The van der Waals surface area contributed by atoms with E-state index in [1.165, 1.54) is 7.11 Å². The lowest BCUT2D eigenvalue weighted by molar-refractivity contribution is -0.118. The van der Waals surface area contributed by atoms with Gasteiger partial charge in [0.25, 0.3) is 5.91 Å². The van der Waals surface area contributed by atoms with Gasteiger partial charge in [-0.05, 0) is 30.7 Å². The molecule has 1 aliphatic heterocycles. The molecule has 1 N–H and O–H groups in total. The molecule has 27 heavy (non-hydrogen) atoms. The number of carbonyl (C=O) groups excluding carboxylic acids is 2. The van der Waals surface area contributed by atoms with Crippen molar-refractivity contribution in [3.8, 4) is 17.2 Å². The third-order valence-electron chi connectivity index (χ3n) is 4.24. The quantitative estimate of drug-likeness (QED) is 0.811. The Labute approximate surface area is 157 Å². The smallest absolute Gasteiger partial charge is 0.262 e. The molecule has 0 bridgehead atoms. The number of carbonyl (C=O) groups is 2. The van der Waals surface area contributed by atoms with Crippen molar-refractivity contribution in [2.45, 2.75) is 12.8 Å². The number of anilines is 2. The molecule has 0 atom stereocenters. The largest absolute Gasteiger partial charge is 0.493 e. The first-order valence-electron chi connectivity index (χ1n) is 8.66. The lowest BCUT2D eigenvalue weighted by Gasteiger charge is -2.16. The van der Waals surface area contributed by atoms with Gasteiger partial charge in [0.2, 0.25) is 5.91 Å². The first kappa shape index (κ1) is 18.6. The van der Waals surface area contributed by atoms with E-state index in [1.54, 1.807) is 42.3 Å². The number of ether oxygens (including phenoxy) is 3. The van der Waals surface area contributed by atoms with Gasteiger partial charge in [-0.25, -0.2) is 0 Å². The molecule has 7 heteroatoms. The zero-order valence-electron chi connectivity index (χ0n) is 15.4. The van der Waals surface area contributed by atoms with Crippen molar-refractivity contribution in [2.24, 2.45) is 0 Å². The molecule has 1 heterocycles. The maximum Gasteiger partial charge on any atom is 0.262 e. The number of nitrogens with one attached hydrogen (secondary N) is 1. The van der Waals surface area contributed by atoms with Crippen LogP contribution in [-0.4, -0.2) is 39.2 Å². The number of hydrogen-bond acceptors (Lipinski definition) is 5. The van der Waals surface area contributed by atoms with Crippen LogP contribution in [-0.2, 0) is 9.59 Å². The monoisotopic (exact) mass is 370 g/mol. The minimum Gasteiger partial charge on any atom is -0.493 e. The summed E-state index contributed by atoms with van der Waals surface area (Å²) in [6.07, 6.45) is 1.43. The topological polar surface area (TPSA) is 77.1 Å². The lowest BCUT2D eigenvalue weighted by Crippen LogP contribution is -2.24. The Kier molecular flexibility index (Phi) is 5.80. The molecule has 1 aliphatic rings. The van der Waals surface area contributed by atoms with Crippen molar-refractivity contribution >= 4 is 23.2 Å². The van der Waals surface area contributed by atoms with Gasteiger partial charge in [0.05, 0.1) is 14.2 Å². The molecule has 2 aromatic rings. The van der Waals surface area contributed by atoms with Gasteiger partial charge in [-0.1, -0.05) is 6.07 Å². The lowest BCUT2D eigenvalue weighted by atomic mass is 10.2. The van der Waals surface area contributed by atoms with Crippen LogP contribution in [0.1, 0.15) is 12.8 Å². The summed E-state index contributed by atoms with van der Waals surface area (Å²) in [5.41, 5.74) is 1.37. The summed E-state index contributed by atoms with van der Waals surface area (Å²) >= 11 is 0. The van der Waals surface area contributed by atoms with Crippen LogP contribution in [0.4, 0.5) is 11.4 Å². The molecule has 0 aromatic heterocycles. The third kappa shape index (κ3) is 4.49. The number of hydrogen-bond donors (Lipinski definition) is 1. The van der Waals surface area contributed by atoms with Crippen LogP contribution in [0.2, 0.25) is 0 Å². The molecule has 2 aromatic carbocycles. The highest BCUT2D eigenvalue weighted by Crippen LogP contribution is 2.30. The second-order valence-electron chi connectivity index (χ2n) is 6.05. The molecule has 0 unspecified atom stereocenters. The van der Waals surface area contributed by atoms with Crippen LogP contribution in [0, 0.1) is 0 Å². The van der Waals surface area contributed by atoms with Gasteiger partial charge in [-0.2, -0.15) is 0 Å². The number of methoxy groups -OCH3 is 2. The highest BCUT2D eigenvalue weighted by molar-refractivity contribution is 5.95. The van der Waals surface area contributed by atoms with E-state index < -0.39 is 0 Å². The van der Waals surface area contributed by atoms with E-state index in [4.69, 9.17) is 14.2 Å². The van der Waals surface area contributed by atoms with E-state index >= 15 is 0 Å². The fourth-order valence-corrected chi connectivity index (χ4v) is 2.92. The molecule has 2 amide bonds. The summed E-state index contributed by atoms with van der Waals surface area (Å²) < 4.78 is 16.0. The van der Waals surface area contributed by atoms with Crippen LogP contribution in [0.3, 0.4) is 0 Å². The van der Waals surface area contributed by atoms with E-state index in [0.717, 1.165) is 12.1 Å². The standard InChI is InChI=1S/C20H22N2O5/c1-25-17-9-8-14(11-18(17)26-2)21-19(23)13-27-16-6-3-5-15(12-16)22-10-4-7-20(22)24/h3,5-6,8-9,11-12H,4,7,10,13H2,1-2H3,(H,21,23). The number of nitrogens with zero attached hydrogens (tertiary/aromatic N) is 1. The van der Waals surface area contributed by atoms with Gasteiger partial charge in [-0.3, -0.25) is 9.59 Å².